The molecule has 3 rings (SSSR count). The number of rotatable bonds is 1. The Kier molecular flexibility index (Phi) is 2.16. The predicted molar refractivity (Wildman–Crippen MR) is 69.0 cm³/mol. The Balaban J connectivity index is 2.21. The molecule has 5 heteroatoms. The number of nitrogen functional groups attached to an aromatic ring is 1. The lowest BCUT2D eigenvalue weighted by Crippen LogP contribution is -1.82. The SMILES string of the molecule is Cc1nc(C)c(-c2nc3cc(N)ccc3o2)s1. The van der Waals surface area contributed by atoms with E-state index >= 15 is 0 Å². The van der Waals surface area contributed by atoms with Crippen molar-refractivity contribution in [2.45, 2.75) is 13.8 Å². The summed E-state index contributed by atoms with van der Waals surface area (Å²) < 4.78 is 5.71. The van der Waals surface area contributed by atoms with Crippen LogP contribution in [0.3, 0.4) is 0 Å². The van der Waals surface area contributed by atoms with Crippen LogP contribution in [0.1, 0.15) is 10.7 Å². The van der Waals surface area contributed by atoms with Gasteiger partial charge in [-0.05, 0) is 32.0 Å². The molecule has 0 amide bonds. The van der Waals surface area contributed by atoms with Crippen molar-refractivity contribution >= 4 is 28.1 Å². The molecule has 3 aromatic rings. The molecule has 0 saturated heterocycles. The van der Waals surface area contributed by atoms with Gasteiger partial charge in [0.05, 0.1) is 10.7 Å². The number of fused-ring (bicyclic) bond motifs is 1. The number of thiazole rings is 1. The molecule has 0 spiro atoms. The summed E-state index contributed by atoms with van der Waals surface area (Å²) in [5, 5.41) is 1.01. The van der Waals surface area contributed by atoms with E-state index in [9.17, 15) is 0 Å². The molecule has 17 heavy (non-hydrogen) atoms. The highest BCUT2D eigenvalue weighted by atomic mass is 32.1. The van der Waals surface area contributed by atoms with Crippen molar-refractivity contribution in [3.05, 3.63) is 28.9 Å². The molecule has 0 atom stereocenters. The van der Waals surface area contributed by atoms with Crippen LogP contribution in [-0.2, 0) is 0 Å². The second kappa shape index (κ2) is 3.56. The molecule has 0 unspecified atom stereocenters. The molecule has 2 aromatic heterocycles. The van der Waals surface area contributed by atoms with Crippen molar-refractivity contribution in [2.75, 3.05) is 5.73 Å². The summed E-state index contributed by atoms with van der Waals surface area (Å²) in [5.74, 6) is 0.619. The fourth-order valence-corrected chi connectivity index (χ4v) is 2.62. The van der Waals surface area contributed by atoms with Crippen LogP contribution in [0.5, 0.6) is 0 Å². The van der Waals surface area contributed by atoms with Crippen LogP contribution in [0.25, 0.3) is 21.9 Å². The van der Waals surface area contributed by atoms with Gasteiger partial charge in [0.1, 0.15) is 10.4 Å². The normalized spacial score (nSPS) is 11.2. The first-order chi connectivity index (χ1) is 8.13. The Morgan fingerprint density at radius 3 is 2.76 bits per heavy atom. The molecule has 1 aromatic carbocycles. The topological polar surface area (TPSA) is 64.9 Å². The molecule has 0 saturated carbocycles. The standard InChI is InChI=1S/C12H11N3OS/c1-6-11(17-7(2)14-6)12-15-9-5-8(13)3-4-10(9)16-12/h3-5H,13H2,1-2H3. The Bertz CT molecular complexity index is 699. The summed E-state index contributed by atoms with van der Waals surface area (Å²) in [5.41, 5.74) is 8.89. The fourth-order valence-electron chi connectivity index (χ4n) is 1.77. The van der Waals surface area contributed by atoms with Crippen LogP contribution >= 0.6 is 11.3 Å². The Morgan fingerprint density at radius 2 is 2.06 bits per heavy atom. The van der Waals surface area contributed by atoms with Crippen molar-refractivity contribution in [3.8, 4) is 10.8 Å². The van der Waals surface area contributed by atoms with E-state index in [1.165, 1.54) is 0 Å². The highest BCUT2D eigenvalue weighted by Gasteiger charge is 2.14. The average molecular weight is 245 g/mol. The third-order valence-corrected chi connectivity index (χ3v) is 3.57. The van der Waals surface area contributed by atoms with Gasteiger partial charge >= 0.3 is 0 Å². The fraction of sp³-hybridized carbons (Fsp3) is 0.167. The number of aromatic nitrogens is 2. The molecule has 2 heterocycles. The van der Waals surface area contributed by atoms with Crippen molar-refractivity contribution in [1.82, 2.24) is 9.97 Å². The average Bonchev–Trinajstić information content (AvgIpc) is 2.80. The summed E-state index contributed by atoms with van der Waals surface area (Å²) in [6.07, 6.45) is 0. The molecule has 0 aliphatic rings. The van der Waals surface area contributed by atoms with Crippen LogP contribution in [0, 0.1) is 13.8 Å². The number of oxazole rings is 1. The first kappa shape index (κ1) is 10.3. The smallest absolute Gasteiger partial charge is 0.239 e. The van der Waals surface area contributed by atoms with E-state index in [1.807, 2.05) is 32.0 Å². The zero-order valence-corrected chi connectivity index (χ0v) is 10.3. The van der Waals surface area contributed by atoms with E-state index in [4.69, 9.17) is 10.2 Å². The van der Waals surface area contributed by atoms with Gasteiger partial charge in [-0.2, -0.15) is 0 Å². The van der Waals surface area contributed by atoms with E-state index in [0.717, 1.165) is 26.7 Å². The highest BCUT2D eigenvalue weighted by Crippen LogP contribution is 2.31. The minimum atomic E-state index is 0.619. The summed E-state index contributed by atoms with van der Waals surface area (Å²) in [7, 11) is 0. The third kappa shape index (κ3) is 1.68. The molecular weight excluding hydrogens is 234 g/mol. The number of nitrogens with zero attached hydrogens (tertiary/aromatic N) is 2. The van der Waals surface area contributed by atoms with Gasteiger partial charge in [-0.15, -0.1) is 11.3 Å². The van der Waals surface area contributed by atoms with Crippen LogP contribution in [-0.4, -0.2) is 9.97 Å². The summed E-state index contributed by atoms with van der Waals surface area (Å²) >= 11 is 1.59. The minimum Gasteiger partial charge on any atom is -0.435 e. The van der Waals surface area contributed by atoms with E-state index in [1.54, 1.807) is 11.3 Å². The molecule has 2 N–H and O–H groups in total. The minimum absolute atomic E-state index is 0.619. The first-order valence-corrected chi connectivity index (χ1v) is 6.05. The van der Waals surface area contributed by atoms with Gasteiger partial charge in [-0.25, -0.2) is 9.97 Å². The molecule has 0 aliphatic heterocycles. The van der Waals surface area contributed by atoms with Crippen LogP contribution in [0.15, 0.2) is 22.6 Å². The molecule has 0 bridgehead atoms. The first-order valence-electron chi connectivity index (χ1n) is 5.24. The van der Waals surface area contributed by atoms with E-state index in [0.29, 0.717) is 11.6 Å². The Hall–Kier alpha value is -1.88. The van der Waals surface area contributed by atoms with Gasteiger partial charge in [-0.3, -0.25) is 0 Å². The van der Waals surface area contributed by atoms with Crippen molar-refractivity contribution in [2.24, 2.45) is 0 Å². The zero-order valence-electron chi connectivity index (χ0n) is 9.52. The number of hydrogen-bond donors (Lipinski definition) is 1. The highest BCUT2D eigenvalue weighted by molar-refractivity contribution is 7.15. The van der Waals surface area contributed by atoms with Gasteiger partial charge in [0.2, 0.25) is 5.89 Å². The Morgan fingerprint density at radius 1 is 1.24 bits per heavy atom. The molecule has 86 valence electrons. The van der Waals surface area contributed by atoms with Gasteiger partial charge in [-0.1, -0.05) is 0 Å². The second-order valence-electron chi connectivity index (χ2n) is 3.89. The predicted octanol–water partition coefficient (Wildman–Crippen LogP) is 3.15. The lowest BCUT2D eigenvalue weighted by molar-refractivity contribution is 0.621. The molecular formula is C12H11N3OS. The molecule has 0 aliphatic carbocycles. The van der Waals surface area contributed by atoms with E-state index < -0.39 is 0 Å². The second-order valence-corrected chi connectivity index (χ2v) is 5.10. The maximum atomic E-state index is 5.71. The maximum absolute atomic E-state index is 5.71. The van der Waals surface area contributed by atoms with Gasteiger partial charge in [0, 0.05) is 5.69 Å². The maximum Gasteiger partial charge on any atom is 0.239 e. The monoisotopic (exact) mass is 245 g/mol. The summed E-state index contributed by atoms with van der Waals surface area (Å²) in [4.78, 5) is 9.79. The third-order valence-electron chi connectivity index (χ3n) is 2.51. The lowest BCUT2D eigenvalue weighted by Gasteiger charge is -1.88. The van der Waals surface area contributed by atoms with Gasteiger partial charge < -0.3 is 10.2 Å². The molecule has 0 radical (unpaired) electrons. The largest absolute Gasteiger partial charge is 0.435 e. The van der Waals surface area contributed by atoms with Gasteiger partial charge in [0.15, 0.2) is 5.58 Å². The van der Waals surface area contributed by atoms with Crippen molar-refractivity contribution in [1.29, 1.82) is 0 Å². The van der Waals surface area contributed by atoms with Gasteiger partial charge in [0.25, 0.3) is 0 Å². The van der Waals surface area contributed by atoms with Crippen LogP contribution in [0.4, 0.5) is 5.69 Å². The van der Waals surface area contributed by atoms with Crippen molar-refractivity contribution in [3.63, 3.8) is 0 Å². The number of anilines is 1. The summed E-state index contributed by atoms with van der Waals surface area (Å²) in [6, 6.07) is 5.46. The number of nitrogens with two attached hydrogens (primary N) is 1. The number of benzene rings is 1. The van der Waals surface area contributed by atoms with E-state index in [-0.39, 0.29) is 0 Å². The Labute approximate surface area is 102 Å². The van der Waals surface area contributed by atoms with E-state index in [2.05, 4.69) is 9.97 Å². The summed E-state index contributed by atoms with van der Waals surface area (Å²) in [6.45, 7) is 3.93. The van der Waals surface area contributed by atoms with Crippen molar-refractivity contribution < 1.29 is 4.42 Å². The molecule has 4 nitrogen and oxygen atoms in total. The molecule has 0 fully saturated rings. The van der Waals surface area contributed by atoms with Crippen LogP contribution in [0.2, 0.25) is 0 Å². The quantitative estimate of drug-likeness (QED) is 0.669. The lowest BCUT2D eigenvalue weighted by atomic mass is 10.3. The number of aryl methyl sites for hydroxylation is 2. The van der Waals surface area contributed by atoms with Crippen LogP contribution < -0.4 is 5.73 Å². The zero-order chi connectivity index (χ0) is 12.0. The number of hydrogen-bond acceptors (Lipinski definition) is 5.